The standard InChI is InChI=1S/C16H15ClN2O/c17-16-12(4-2-6-15(16)20)10-18-9-11-3-1-5-14-13(11)7-8-19-14/h1-8,18-20H,9-10H2. The molecule has 1 heterocycles. The zero-order chi connectivity index (χ0) is 13.9. The Morgan fingerprint density at radius 3 is 2.65 bits per heavy atom. The summed E-state index contributed by atoms with van der Waals surface area (Å²) in [5, 5.41) is 14.6. The number of aromatic amines is 1. The van der Waals surface area contributed by atoms with Crippen molar-refractivity contribution < 1.29 is 5.11 Å². The smallest absolute Gasteiger partial charge is 0.134 e. The SMILES string of the molecule is Oc1cccc(CNCc2cccc3[nH]ccc23)c1Cl. The first-order valence-electron chi connectivity index (χ1n) is 6.48. The van der Waals surface area contributed by atoms with E-state index in [2.05, 4.69) is 28.5 Å². The summed E-state index contributed by atoms with van der Waals surface area (Å²) in [4.78, 5) is 3.20. The van der Waals surface area contributed by atoms with Crippen LogP contribution in [0.1, 0.15) is 11.1 Å². The third kappa shape index (κ3) is 2.50. The van der Waals surface area contributed by atoms with Crippen LogP contribution in [0.15, 0.2) is 48.7 Å². The highest BCUT2D eigenvalue weighted by Gasteiger charge is 2.05. The predicted molar refractivity (Wildman–Crippen MR) is 82.0 cm³/mol. The predicted octanol–water partition coefficient (Wildman–Crippen LogP) is 3.82. The second-order valence-corrected chi connectivity index (χ2v) is 5.09. The van der Waals surface area contributed by atoms with Gasteiger partial charge in [-0.2, -0.15) is 0 Å². The molecule has 102 valence electrons. The Hall–Kier alpha value is -1.97. The van der Waals surface area contributed by atoms with Crippen LogP contribution in [0, 0.1) is 0 Å². The van der Waals surface area contributed by atoms with Crippen LogP contribution in [0.4, 0.5) is 0 Å². The summed E-state index contributed by atoms with van der Waals surface area (Å²) < 4.78 is 0. The van der Waals surface area contributed by atoms with Crippen LogP contribution in [0.5, 0.6) is 5.75 Å². The lowest BCUT2D eigenvalue weighted by molar-refractivity contribution is 0.474. The number of nitrogens with one attached hydrogen (secondary N) is 2. The van der Waals surface area contributed by atoms with Crippen molar-refractivity contribution in [1.82, 2.24) is 10.3 Å². The minimum atomic E-state index is 0.124. The molecule has 0 atom stereocenters. The molecule has 0 unspecified atom stereocenters. The van der Waals surface area contributed by atoms with Gasteiger partial charge < -0.3 is 15.4 Å². The van der Waals surface area contributed by atoms with Gasteiger partial charge in [-0.05, 0) is 29.3 Å². The molecule has 0 aliphatic carbocycles. The fourth-order valence-electron chi connectivity index (χ4n) is 2.34. The van der Waals surface area contributed by atoms with Crippen LogP contribution in [-0.2, 0) is 13.1 Å². The molecule has 1 aromatic heterocycles. The number of fused-ring (bicyclic) bond motifs is 1. The van der Waals surface area contributed by atoms with Crippen LogP contribution >= 0.6 is 11.6 Å². The first-order valence-corrected chi connectivity index (χ1v) is 6.85. The van der Waals surface area contributed by atoms with Crippen molar-refractivity contribution in [3.05, 3.63) is 64.8 Å². The number of H-pyrrole nitrogens is 1. The lowest BCUT2D eigenvalue weighted by Gasteiger charge is -2.08. The van der Waals surface area contributed by atoms with Gasteiger partial charge in [0.2, 0.25) is 0 Å². The molecule has 0 aliphatic heterocycles. The number of phenols is 1. The number of benzene rings is 2. The van der Waals surface area contributed by atoms with Crippen LogP contribution in [0.3, 0.4) is 0 Å². The van der Waals surface area contributed by atoms with Gasteiger partial charge >= 0.3 is 0 Å². The molecule has 20 heavy (non-hydrogen) atoms. The summed E-state index contributed by atoms with van der Waals surface area (Å²) in [7, 11) is 0. The van der Waals surface area contributed by atoms with Gasteiger partial charge in [-0.25, -0.2) is 0 Å². The molecule has 0 amide bonds. The van der Waals surface area contributed by atoms with Crippen LogP contribution in [0.2, 0.25) is 5.02 Å². The Bertz CT molecular complexity index is 736. The maximum atomic E-state index is 9.57. The van der Waals surface area contributed by atoms with E-state index in [0.717, 1.165) is 17.6 Å². The van der Waals surface area contributed by atoms with Crippen molar-refractivity contribution in [3.8, 4) is 5.75 Å². The molecule has 0 saturated carbocycles. The van der Waals surface area contributed by atoms with E-state index in [1.807, 2.05) is 18.3 Å². The highest BCUT2D eigenvalue weighted by molar-refractivity contribution is 6.32. The first kappa shape index (κ1) is 13.0. The molecule has 0 radical (unpaired) electrons. The van der Waals surface area contributed by atoms with Gasteiger partial charge in [0.25, 0.3) is 0 Å². The maximum absolute atomic E-state index is 9.57. The lowest BCUT2D eigenvalue weighted by Crippen LogP contribution is -2.13. The highest BCUT2D eigenvalue weighted by atomic mass is 35.5. The fraction of sp³-hybridized carbons (Fsp3) is 0.125. The van der Waals surface area contributed by atoms with Gasteiger partial charge in [0.15, 0.2) is 0 Å². The Kier molecular flexibility index (Phi) is 3.63. The third-order valence-corrected chi connectivity index (χ3v) is 3.81. The number of aromatic hydroxyl groups is 1. The second-order valence-electron chi connectivity index (χ2n) is 4.71. The minimum absolute atomic E-state index is 0.124. The highest BCUT2D eigenvalue weighted by Crippen LogP contribution is 2.26. The molecule has 3 nitrogen and oxygen atoms in total. The van der Waals surface area contributed by atoms with Crippen molar-refractivity contribution in [1.29, 1.82) is 0 Å². The molecule has 0 spiro atoms. The van der Waals surface area contributed by atoms with E-state index in [0.29, 0.717) is 11.6 Å². The Balaban J connectivity index is 1.71. The van der Waals surface area contributed by atoms with E-state index in [-0.39, 0.29) is 5.75 Å². The molecular formula is C16H15ClN2O. The van der Waals surface area contributed by atoms with E-state index < -0.39 is 0 Å². The molecule has 0 bridgehead atoms. The molecule has 3 N–H and O–H groups in total. The van der Waals surface area contributed by atoms with Gasteiger partial charge in [-0.3, -0.25) is 0 Å². The van der Waals surface area contributed by atoms with Crippen LogP contribution in [-0.4, -0.2) is 10.1 Å². The summed E-state index contributed by atoms with van der Waals surface area (Å²) in [6.45, 7) is 1.37. The summed E-state index contributed by atoms with van der Waals surface area (Å²) in [6, 6.07) is 13.6. The van der Waals surface area contributed by atoms with Gasteiger partial charge in [0.05, 0.1) is 5.02 Å². The zero-order valence-corrected chi connectivity index (χ0v) is 11.6. The second kappa shape index (κ2) is 5.57. The number of halogens is 1. The molecule has 4 heteroatoms. The van der Waals surface area contributed by atoms with Crippen molar-refractivity contribution >= 4 is 22.5 Å². The average Bonchev–Trinajstić information content (AvgIpc) is 2.93. The minimum Gasteiger partial charge on any atom is -0.506 e. The molecule has 0 fully saturated rings. The van der Waals surface area contributed by atoms with E-state index in [1.165, 1.54) is 10.9 Å². The van der Waals surface area contributed by atoms with Gasteiger partial charge in [-0.1, -0.05) is 35.9 Å². The zero-order valence-electron chi connectivity index (χ0n) is 10.9. The maximum Gasteiger partial charge on any atom is 0.134 e. The monoisotopic (exact) mass is 286 g/mol. The molecular weight excluding hydrogens is 272 g/mol. The number of hydrogen-bond donors (Lipinski definition) is 3. The summed E-state index contributed by atoms with van der Waals surface area (Å²) in [5.74, 6) is 0.124. The lowest BCUT2D eigenvalue weighted by atomic mass is 10.1. The number of hydrogen-bond acceptors (Lipinski definition) is 2. The van der Waals surface area contributed by atoms with Crippen molar-refractivity contribution in [2.24, 2.45) is 0 Å². The van der Waals surface area contributed by atoms with Crippen molar-refractivity contribution in [3.63, 3.8) is 0 Å². The Morgan fingerprint density at radius 1 is 1.00 bits per heavy atom. The van der Waals surface area contributed by atoms with Crippen LogP contribution in [0.25, 0.3) is 10.9 Å². The first-order chi connectivity index (χ1) is 9.75. The topological polar surface area (TPSA) is 48.0 Å². The largest absolute Gasteiger partial charge is 0.506 e. The van der Waals surface area contributed by atoms with E-state index in [1.54, 1.807) is 12.1 Å². The molecule has 2 aromatic carbocycles. The van der Waals surface area contributed by atoms with Gasteiger partial charge in [0.1, 0.15) is 5.75 Å². The average molecular weight is 287 g/mol. The van der Waals surface area contributed by atoms with Gasteiger partial charge in [0, 0.05) is 30.2 Å². The number of phenolic OH excluding ortho intramolecular Hbond substituents is 1. The molecule has 3 aromatic rings. The van der Waals surface area contributed by atoms with E-state index in [4.69, 9.17) is 11.6 Å². The van der Waals surface area contributed by atoms with Crippen LogP contribution < -0.4 is 5.32 Å². The fourth-order valence-corrected chi connectivity index (χ4v) is 2.53. The molecule has 0 aliphatic rings. The number of aromatic nitrogens is 1. The van der Waals surface area contributed by atoms with Crippen molar-refractivity contribution in [2.75, 3.05) is 0 Å². The van der Waals surface area contributed by atoms with Gasteiger partial charge in [-0.15, -0.1) is 0 Å². The van der Waals surface area contributed by atoms with Crippen molar-refractivity contribution in [2.45, 2.75) is 13.1 Å². The normalized spacial score (nSPS) is 11.1. The Labute approximate surface area is 122 Å². The number of rotatable bonds is 4. The summed E-state index contributed by atoms with van der Waals surface area (Å²) in [5.41, 5.74) is 3.27. The quantitative estimate of drug-likeness (QED) is 0.683. The van der Waals surface area contributed by atoms with E-state index >= 15 is 0 Å². The molecule has 0 saturated heterocycles. The third-order valence-electron chi connectivity index (χ3n) is 3.37. The molecule has 3 rings (SSSR count). The summed E-state index contributed by atoms with van der Waals surface area (Å²) in [6.07, 6.45) is 1.94. The summed E-state index contributed by atoms with van der Waals surface area (Å²) >= 11 is 6.06. The Morgan fingerprint density at radius 2 is 1.75 bits per heavy atom. The van der Waals surface area contributed by atoms with E-state index in [9.17, 15) is 5.11 Å².